The molecule has 0 saturated carbocycles. The van der Waals surface area contributed by atoms with E-state index in [0.29, 0.717) is 11.3 Å². The van der Waals surface area contributed by atoms with Crippen LogP contribution in [0.3, 0.4) is 0 Å². The first-order chi connectivity index (χ1) is 13.1. The van der Waals surface area contributed by atoms with Gasteiger partial charge in [0, 0.05) is 6.54 Å². The number of rotatable bonds is 8. The average molecular weight is 391 g/mol. The molecule has 1 aromatic heterocycles. The molecule has 3 rings (SSSR count). The summed E-state index contributed by atoms with van der Waals surface area (Å²) in [4.78, 5) is 17.0. The first kappa shape index (κ1) is 19.2. The zero-order valence-corrected chi connectivity index (χ0v) is 15.5. The topological polar surface area (TPSA) is 56.2 Å². The van der Waals surface area contributed by atoms with E-state index in [2.05, 4.69) is 15.0 Å². The molecule has 3 aromatic rings. The Morgan fingerprint density at radius 2 is 2.07 bits per heavy atom. The van der Waals surface area contributed by atoms with Crippen molar-refractivity contribution < 1.29 is 18.3 Å². The lowest BCUT2D eigenvalue weighted by molar-refractivity contribution is -0.121. The van der Waals surface area contributed by atoms with Crippen LogP contribution in [0.5, 0.6) is 5.75 Å². The number of nitrogens with one attached hydrogen (secondary N) is 1. The van der Waals surface area contributed by atoms with Gasteiger partial charge in [-0.3, -0.25) is 4.79 Å². The molecule has 1 amide bonds. The van der Waals surface area contributed by atoms with Gasteiger partial charge in [-0.05, 0) is 36.1 Å². The summed E-state index contributed by atoms with van der Waals surface area (Å²) >= 11 is 1.64. The summed E-state index contributed by atoms with van der Waals surface area (Å²) in [5.41, 5.74) is 2.44. The summed E-state index contributed by atoms with van der Waals surface area (Å²) in [5, 5.41) is 2.81. The van der Waals surface area contributed by atoms with Gasteiger partial charge in [-0.2, -0.15) is 20.5 Å². The maximum Gasteiger partial charge on any atom is 0.387 e. The number of carbonyl (C=O) groups is 1. The van der Waals surface area contributed by atoms with E-state index in [4.69, 9.17) is 0 Å². The van der Waals surface area contributed by atoms with Crippen LogP contribution >= 0.6 is 11.8 Å². The highest BCUT2D eigenvalue weighted by Gasteiger charge is 2.13. The summed E-state index contributed by atoms with van der Waals surface area (Å²) < 4.78 is 30.9. The fourth-order valence-corrected chi connectivity index (χ4v) is 3.25. The number of ether oxygens (including phenoxy) is 1. The van der Waals surface area contributed by atoms with Crippen molar-refractivity contribution >= 4 is 28.7 Å². The van der Waals surface area contributed by atoms with E-state index >= 15 is 0 Å². The van der Waals surface area contributed by atoms with Crippen LogP contribution in [0, 0.1) is 0 Å². The van der Waals surface area contributed by atoms with E-state index < -0.39 is 6.61 Å². The minimum atomic E-state index is -2.88. The molecule has 2 aromatic carbocycles. The molecule has 0 fully saturated rings. The number of fused-ring (bicyclic) bond motifs is 1. The maximum absolute atomic E-state index is 12.4. The van der Waals surface area contributed by atoms with Crippen molar-refractivity contribution in [2.24, 2.45) is 0 Å². The Morgan fingerprint density at radius 3 is 2.85 bits per heavy atom. The van der Waals surface area contributed by atoms with Gasteiger partial charge in [0.2, 0.25) is 5.91 Å². The molecule has 0 aliphatic carbocycles. The van der Waals surface area contributed by atoms with Gasteiger partial charge >= 0.3 is 6.61 Å². The number of halogens is 2. The molecule has 0 bridgehead atoms. The van der Waals surface area contributed by atoms with E-state index in [0.717, 1.165) is 16.9 Å². The highest BCUT2D eigenvalue weighted by Crippen LogP contribution is 2.19. The van der Waals surface area contributed by atoms with Crippen LogP contribution in [0.1, 0.15) is 11.4 Å². The number of aromatic nitrogens is 2. The predicted molar refractivity (Wildman–Crippen MR) is 102 cm³/mol. The molecule has 8 heteroatoms. The molecule has 27 heavy (non-hydrogen) atoms. The van der Waals surface area contributed by atoms with E-state index in [9.17, 15) is 13.6 Å². The van der Waals surface area contributed by atoms with E-state index in [1.165, 1.54) is 12.1 Å². The number of benzene rings is 2. The number of alkyl halides is 2. The van der Waals surface area contributed by atoms with Gasteiger partial charge in [0.05, 0.1) is 16.8 Å². The molecular weight excluding hydrogens is 372 g/mol. The van der Waals surface area contributed by atoms with Crippen molar-refractivity contribution in [2.75, 3.05) is 6.26 Å². The second-order valence-corrected chi connectivity index (χ2v) is 6.70. The van der Waals surface area contributed by atoms with E-state index in [1.807, 2.05) is 35.1 Å². The molecule has 142 valence electrons. The van der Waals surface area contributed by atoms with Crippen molar-refractivity contribution in [3.63, 3.8) is 0 Å². The number of hydrogen-bond acceptors (Lipinski definition) is 4. The van der Waals surface area contributed by atoms with Gasteiger partial charge < -0.3 is 14.6 Å². The number of thioether (sulfide) groups is 1. The standard InChI is InChI=1S/C19H19F2N3O2S/c1-27-12-17-23-15-7-2-3-8-16(15)24(17)11-18(25)22-10-13-5-4-6-14(9-13)26-19(20)21/h2-9,19H,10-12H2,1H3,(H,22,25). The fourth-order valence-electron chi connectivity index (χ4n) is 2.77. The third kappa shape index (κ3) is 4.97. The second kappa shape index (κ2) is 8.85. The van der Waals surface area contributed by atoms with Crippen LogP contribution < -0.4 is 10.1 Å². The number of amides is 1. The van der Waals surface area contributed by atoms with Gasteiger partial charge in [-0.1, -0.05) is 24.3 Å². The molecule has 5 nitrogen and oxygen atoms in total. The van der Waals surface area contributed by atoms with Gasteiger partial charge in [0.15, 0.2) is 0 Å². The highest BCUT2D eigenvalue weighted by molar-refractivity contribution is 7.97. The lowest BCUT2D eigenvalue weighted by Gasteiger charge is -2.11. The van der Waals surface area contributed by atoms with E-state index in [1.54, 1.807) is 23.9 Å². The predicted octanol–water partition coefficient (Wildman–Crippen LogP) is 3.82. The molecule has 0 aliphatic heterocycles. The normalized spacial score (nSPS) is 11.1. The number of carbonyl (C=O) groups excluding carboxylic acids is 1. The molecule has 1 heterocycles. The summed E-state index contributed by atoms with van der Waals surface area (Å²) in [6.07, 6.45) is 1.98. The van der Waals surface area contributed by atoms with Crippen molar-refractivity contribution in [1.29, 1.82) is 0 Å². The van der Waals surface area contributed by atoms with Crippen LogP contribution in [0.2, 0.25) is 0 Å². The third-order valence-electron chi connectivity index (χ3n) is 3.92. The number of nitrogens with zero attached hydrogens (tertiary/aromatic N) is 2. The quantitative estimate of drug-likeness (QED) is 0.634. The Hall–Kier alpha value is -2.61. The Bertz CT molecular complexity index is 930. The first-order valence-corrected chi connectivity index (χ1v) is 9.69. The molecule has 0 radical (unpaired) electrons. The van der Waals surface area contributed by atoms with Gasteiger partial charge in [-0.25, -0.2) is 4.98 Å². The average Bonchev–Trinajstić information content (AvgIpc) is 2.98. The van der Waals surface area contributed by atoms with Crippen LogP contribution in [0.4, 0.5) is 8.78 Å². The van der Waals surface area contributed by atoms with Crippen molar-refractivity contribution in [1.82, 2.24) is 14.9 Å². The molecule has 0 unspecified atom stereocenters. The number of imidazole rings is 1. The van der Waals surface area contributed by atoms with E-state index in [-0.39, 0.29) is 24.7 Å². The molecule has 1 N–H and O–H groups in total. The summed E-state index contributed by atoms with van der Waals surface area (Å²) in [6, 6.07) is 14.0. The molecule has 0 spiro atoms. The lowest BCUT2D eigenvalue weighted by Crippen LogP contribution is -2.27. The van der Waals surface area contributed by atoms with Crippen LogP contribution in [-0.4, -0.2) is 28.3 Å². The minimum absolute atomic E-state index is 0.0691. The summed E-state index contributed by atoms with van der Waals surface area (Å²) in [6.45, 7) is -2.51. The molecular formula is C19H19F2N3O2S. The Kier molecular flexibility index (Phi) is 6.28. The number of hydrogen-bond donors (Lipinski definition) is 1. The Morgan fingerprint density at radius 1 is 1.26 bits per heavy atom. The zero-order valence-electron chi connectivity index (χ0n) is 14.7. The maximum atomic E-state index is 12.4. The molecule has 0 saturated heterocycles. The van der Waals surface area contributed by atoms with Gasteiger partial charge in [0.1, 0.15) is 18.1 Å². The fraction of sp³-hybridized carbons (Fsp3) is 0.263. The number of para-hydroxylation sites is 2. The SMILES string of the molecule is CSCc1nc2ccccc2n1CC(=O)NCc1cccc(OC(F)F)c1. The van der Waals surface area contributed by atoms with Crippen molar-refractivity contribution in [3.05, 3.63) is 59.9 Å². The van der Waals surface area contributed by atoms with Crippen LogP contribution in [-0.2, 0) is 23.6 Å². The Labute approximate surface area is 159 Å². The van der Waals surface area contributed by atoms with Crippen molar-refractivity contribution in [2.45, 2.75) is 25.5 Å². The zero-order chi connectivity index (χ0) is 19.2. The van der Waals surface area contributed by atoms with Crippen LogP contribution in [0.15, 0.2) is 48.5 Å². The summed E-state index contributed by atoms with van der Waals surface area (Å²) in [5.74, 6) is 1.43. The first-order valence-electron chi connectivity index (χ1n) is 8.30. The minimum Gasteiger partial charge on any atom is -0.435 e. The van der Waals surface area contributed by atoms with Gasteiger partial charge in [-0.15, -0.1) is 0 Å². The molecule has 0 atom stereocenters. The molecule has 0 aliphatic rings. The monoisotopic (exact) mass is 391 g/mol. The smallest absolute Gasteiger partial charge is 0.387 e. The highest BCUT2D eigenvalue weighted by atomic mass is 32.2. The van der Waals surface area contributed by atoms with Crippen molar-refractivity contribution in [3.8, 4) is 5.75 Å². The second-order valence-electron chi connectivity index (χ2n) is 5.84. The third-order valence-corrected chi connectivity index (χ3v) is 4.47. The van der Waals surface area contributed by atoms with Gasteiger partial charge in [0.25, 0.3) is 0 Å². The lowest BCUT2D eigenvalue weighted by atomic mass is 10.2. The Balaban J connectivity index is 1.68. The largest absolute Gasteiger partial charge is 0.435 e. The van der Waals surface area contributed by atoms with Crippen LogP contribution in [0.25, 0.3) is 11.0 Å². The summed E-state index contributed by atoms with van der Waals surface area (Å²) in [7, 11) is 0.